The Balaban J connectivity index is 2.86. The predicted octanol–water partition coefficient (Wildman–Crippen LogP) is 3.31. The first-order chi connectivity index (χ1) is 5.77. The molecule has 1 aromatic carbocycles. The van der Waals surface area contributed by atoms with Crippen LogP contribution in [-0.4, -0.2) is 4.98 Å². The highest BCUT2D eigenvalue weighted by Gasteiger charge is 1.97. The van der Waals surface area contributed by atoms with Crippen LogP contribution in [0, 0.1) is 6.92 Å². The van der Waals surface area contributed by atoms with Gasteiger partial charge in [-0.05, 0) is 34.5 Å². The second-order valence-corrected chi connectivity index (χ2v) is 3.72. The minimum Gasteiger partial charge on any atom is -0.255 e. The summed E-state index contributed by atoms with van der Waals surface area (Å²) in [6, 6.07) is 8.27. The smallest absolute Gasteiger partial charge is 0.0731 e. The van der Waals surface area contributed by atoms with E-state index in [2.05, 4.69) is 46.0 Å². The summed E-state index contributed by atoms with van der Waals surface area (Å²) in [5.41, 5.74) is 2.31. The summed E-state index contributed by atoms with van der Waals surface area (Å²) in [5.74, 6) is 0. The third-order valence-electron chi connectivity index (χ3n) is 1.88. The number of nitrogens with zero attached hydrogens (tertiary/aromatic N) is 1. The molecular weight excluding hydrogens is 214 g/mol. The maximum Gasteiger partial charge on any atom is 0.0731 e. The first-order valence-corrected chi connectivity index (χ1v) is 4.57. The van der Waals surface area contributed by atoms with Crippen molar-refractivity contribution >= 4 is 26.8 Å². The van der Waals surface area contributed by atoms with Crippen molar-refractivity contribution in [2.24, 2.45) is 0 Å². The fourth-order valence-corrected chi connectivity index (χ4v) is 1.64. The SMILES string of the molecule is Cc1cccc2cc(Br)cnc12. The number of hydrogen-bond donors (Lipinski definition) is 0. The van der Waals surface area contributed by atoms with E-state index in [1.165, 1.54) is 10.9 Å². The number of rotatable bonds is 0. The van der Waals surface area contributed by atoms with Crippen molar-refractivity contribution in [1.29, 1.82) is 0 Å². The van der Waals surface area contributed by atoms with Gasteiger partial charge in [0.15, 0.2) is 0 Å². The van der Waals surface area contributed by atoms with E-state index in [0.29, 0.717) is 0 Å². The molecule has 0 aliphatic rings. The Morgan fingerprint density at radius 1 is 1.33 bits per heavy atom. The van der Waals surface area contributed by atoms with E-state index in [0.717, 1.165) is 9.99 Å². The van der Waals surface area contributed by atoms with Crippen molar-refractivity contribution in [3.8, 4) is 0 Å². The summed E-state index contributed by atoms with van der Waals surface area (Å²) in [5, 5.41) is 1.18. The molecule has 0 amide bonds. The highest BCUT2D eigenvalue weighted by atomic mass is 79.9. The fourth-order valence-electron chi connectivity index (χ4n) is 1.29. The fraction of sp³-hybridized carbons (Fsp3) is 0.100. The maximum absolute atomic E-state index is 4.33. The largest absolute Gasteiger partial charge is 0.255 e. The standard InChI is InChI=1S/C10H8BrN/c1-7-3-2-4-8-5-9(11)6-12-10(7)8/h2-6H,1H3. The monoisotopic (exact) mass is 221 g/mol. The minimum atomic E-state index is 1.03. The molecule has 0 spiro atoms. The number of halogens is 1. The van der Waals surface area contributed by atoms with E-state index in [-0.39, 0.29) is 0 Å². The lowest BCUT2D eigenvalue weighted by Gasteiger charge is -1.99. The molecule has 0 aliphatic heterocycles. The second-order valence-electron chi connectivity index (χ2n) is 2.80. The Morgan fingerprint density at radius 3 is 3.00 bits per heavy atom. The van der Waals surface area contributed by atoms with Crippen molar-refractivity contribution < 1.29 is 0 Å². The van der Waals surface area contributed by atoms with Crippen LogP contribution < -0.4 is 0 Å². The summed E-state index contributed by atoms with van der Waals surface area (Å²) in [4.78, 5) is 4.33. The lowest BCUT2D eigenvalue weighted by atomic mass is 10.1. The topological polar surface area (TPSA) is 12.9 Å². The van der Waals surface area contributed by atoms with Crippen LogP contribution in [0.2, 0.25) is 0 Å². The van der Waals surface area contributed by atoms with E-state index < -0.39 is 0 Å². The molecule has 0 bridgehead atoms. The molecule has 0 atom stereocenters. The van der Waals surface area contributed by atoms with Gasteiger partial charge in [-0.15, -0.1) is 0 Å². The minimum absolute atomic E-state index is 1.03. The molecule has 0 radical (unpaired) electrons. The molecule has 0 unspecified atom stereocenters. The highest BCUT2D eigenvalue weighted by molar-refractivity contribution is 9.10. The molecule has 0 N–H and O–H groups in total. The van der Waals surface area contributed by atoms with Crippen LogP contribution in [0.15, 0.2) is 34.9 Å². The van der Waals surface area contributed by atoms with Gasteiger partial charge in [0.25, 0.3) is 0 Å². The maximum atomic E-state index is 4.33. The number of pyridine rings is 1. The molecule has 2 aromatic rings. The Labute approximate surface area is 79.6 Å². The van der Waals surface area contributed by atoms with Gasteiger partial charge in [0.1, 0.15) is 0 Å². The molecule has 2 rings (SSSR count). The molecule has 2 heteroatoms. The average molecular weight is 222 g/mol. The summed E-state index contributed by atoms with van der Waals surface area (Å²) < 4.78 is 1.03. The predicted molar refractivity (Wildman–Crippen MR) is 54.2 cm³/mol. The number of para-hydroxylation sites is 1. The molecule has 0 fully saturated rings. The molecular formula is C10H8BrN. The van der Waals surface area contributed by atoms with E-state index in [1.807, 2.05) is 12.3 Å². The van der Waals surface area contributed by atoms with Gasteiger partial charge in [-0.25, -0.2) is 0 Å². The van der Waals surface area contributed by atoms with Crippen LogP contribution >= 0.6 is 15.9 Å². The van der Waals surface area contributed by atoms with Crippen LogP contribution in [-0.2, 0) is 0 Å². The number of aryl methyl sites for hydroxylation is 1. The summed E-state index contributed by atoms with van der Waals surface area (Å²) in [6.45, 7) is 2.07. The Hall–Kier alpha value is -0.890. The number of hydrogen-bond acceptors (Lipinski definition) is 1. The Kier molecular flexibility index (Phi) is 1.85. The van der Waals surface area contributed by atoms with Crippen molar-refractivity contribution in [1.82, 2.24) is 4.98 Å². The second kappa shape index (κ2) is 2.87. The lowest BCUT2D eigenvalue weighted by Crippen LogP contribution is -1.81. The average Bonchev–Trinajstić information content (AvgIpc) is 2.04. The van der Waals surface area contributed by atoms with E-state index in [4.69, 9.17) is 0 Å². The van der Waals surface area contributed by atoms with Gasteiger partial charge in [0, 0.05) is 16.1 Å². The summed E-state index contributed by atoms with van der Waals surface area (Å²) in [6.07, 6.45) is 1.83. The quantitative estimate of drug-likeness (QED) is 0.666. The van der Waals surface area contributed by atoms with Crippen LogP contribution in [0.5, 0.6) is 0 Å². The van der Waals surface area contributed by atoms with Gasteiger partial charge in [0.05, 0.1) is 5.52 Å². The zero-order chi connectivity index (χ0) is 8.55. The molecule has 0 saturated heterocycles. The van der Waals surface area contributed by atoms with Crippen LogP contribution in [0.4, 0.5) is 0 Å². The van der Waals surface area contributed by atoms with Gasteiger partial charge >= 0.3 is 0 Å². The summed E-state index contributed by atoms with van der Waals surface area (Å²) in [7, 11) is 0. The van der Waals surface area contributed by atoms with Crippen molar-refractivity contribution in [2.75, 3.05) is 0 Å². The van der Waals surface area contributed by atoms with Crippen molar-refractivity contribution in [3.63, 3.8) is 0 Å². The molecule has 1 aromatic heterocycles. The molecule has 60 valence electrons. The van der Waals surface area contributed by atoms with Crippen LogP contribution in [0.3, 0.4) is 0 Å². The van der Waals surface area contributed by atoms with Crippen LogP contribution in [0.1, 0.15) is 5.56 Å². The Morgan fingerprint density at radius 2 is 2.17 bits per heavy atom. The van der Waals surface area contributed by atoms with E-state index in [1.54, 1.807) is 0 Å². The third-order valence-corrected chi connectivity index (χ3v) is 2.31. The molecule has 0 saturated carbocycles. The van der Waals surface area contributed by atoms with Gasteiger partial charge in [-0.1, -0.05) is 18.2 Å². The van der Waals surface area contributed by atoms with E-state index in [9.17, 15) is 0 Å². The molecule has 1 heterocycles. The van der Waals surface area contributed by atoms with Crippen molar-refractivity contribution in [2.45, 2.75) is 6.92 Å². The van der Waals surface area contributed by atoms with Gasteiger partial charge in [-0.3, -0.25) is 4.98 Å². The van der Waals surface area contributed by atoms with E-state index >= 15 is 0 Å². The lowest BCUT2D eigenvalue weighted by molar-refractivity contribution is 1.35. The first kappa shape index (κ1) is 7.74. The van der Waals surface area contributed by atoms with Crippen LogP contribution in [0.25, 0.3) is 10.9 Å². The molecule has 1 nitrogen and oxygen atoms in total. The molecule has 0 aliphatic carbocycles. The van der Waals surface area contributed by atoms with Gasteiger partial charge in [-0.2, -0.15) is 0 Å². The summed E-state index contributed by atoms with van der Waals surface area (Å²) >= 11 is 3.39. The number of aromatic nitrogens is 1. The van der Waals surface area contributed by atoms with Crippen molar-refractivity contribution in [3.05, 3.63) is 40.5 Å². The first-order valence-electron chi connectivity index (χ1n) is 3.78. The zero-order valence-corrected chi connectivity index (χ0v) is 8.30. The zero-order valence-electron chi connectivity index (χ0n) is 6.71. The number of benzene rings is 1. The highest BCUT2D eigenvalue weighted by Crippen LogP contribution is 2.19. The number of fused-ring (bicyclic) bond motifs is 1. The molecule has 12 heavy (non-hydrogen) atoms. The van der Waals surface area contributed by atoms with Gasteiger partial charge < -0.3 is 0 Å². The Bertz CT molecular complexity index is 423. The van der Waals surface area contributed by atoms with Gasteiger partial charge in [0.2, 0.25) is 0 Å². The third kappa shape index (κ3) is 1.23. The normalized spacial score (nSPS) is 10.5.